The first-order valence-corrected chi connectivity index (χ1v) is 7.97. The van der Waals surface area contributed by atoms with Crippen LogP contribution in [-0.4, -0.2) is 17.4 Å². The van der Waals surface area contributed by atoms with Gasteiger partial charge in [-0.2, -0.15) is 0 Å². The minimum Gasteiger partial charge on any atom is -0.370 e. The van der Waals surface area contributed by atoms with Crippen molar-refractivity contribution in [2.24, 2.45) is 0 Å². The van der Waals surface area contributed by atoms with Crippen LogP contribution in [0.1, 0.15) is 40.8 Å². The Morgan fingerprint density at radius 1 is 1.43 bits per heavy atom. The van der Waals surface area contributed by atoms with E-state index in [9.17, 15) is 4.79 Å². The summed E-state index contributed by atoms with van der Waals surface area (Å²) in [6.45, 7) is 6.58. The van der Waals surface area contributed by atoms with E-state index in [-0.39, 0.29) is 11.9 Å². The molecule has 1 amide bonds. The summed E-state index contributed by atoms with van der Waals surface area (Å²) in [5, 5.41) is 6.11. The predicted octanol–water partition coefficient (Wildman–Crippen LogP) is 4.03. The van der Waals surface area contributed by atoms with Crippen LogP contribution in [-0.2, 0) is 0 Å². The van der Waals surface area contributed by atoms with Crippen LogP contribution in [0, 0.1) is 6.92 Å². The minimum atomic E-state index is -0.114. The quantitative estimate of drug-likeness (QED) is 0.873. The van der Waals surface area contributed by atoms with Gasteiger partial charge in [0.2, 0.25) is 0 Å². The van der Waals surface area contributed by atoms with E-state index in [1.54, 1.807) is 12.1 Å². The number of pyridine rings is 1. The summed E-state index contributed by atoms with van der Waals surface area (Å²) >= 11 is 7.40. The first kappa shape index (κ1) is 15.8. The summed E-state index contributed by atoms with van der Waals surface area (Å²) in [6, 6.07) is 7.24. The Kier molecular flexibility index (Phi) is 5.20. The topological polar surface area (TPSA) is 54.0 Å². The Bertz CT molecular complexity index is 642. The van der Waals surface area contributed by atoms with Crippen LogP contribution < -0.4 is 10.6 Å². The average molecular weight is 324 g/mol. The second-order valence-electron chi connectivity index (χ2n) is 4.75. The number of thiophene rings is 1. The lowest BCUT2D eigenvalue weighted by molar-refractivity contribution is 0.0940. The van der Waals surface area contributed by atoms with Crippen molar-refractivity contribution in [1.29, 1.82) is 0 Å². The largest absolute Gasteiger partial charge is 0.370 e. The molecule has 1 unspecified atom stereocenters. The lowest BCUT2D eigenvalue weighted by atomic mass is 10.2. The Balaban J connectivity index is 2.12. The van der Waals surface area contributed by atoms with Crippen molar-refractivity contribution < 1.29 is 4.79 Å². The van der Waals surface area contributed by atoms with Crippen molar-refractivity contribution >= 4 is 34.7 Å². The summed E-state index contributed by atoms with van der Waals surface area (Å²) in [4.78, 5) is 17.7. The number of nitrogens with zero attached hydrogens (tertiary/aromatic N) is 1. The van der Waals surface area contributed by atoms with E-state index in [1.807, 2.05) is 32.9 Å². The third-order valence-corrected chi connectivity index (χ3v) is 4.36. The number of carbonyl (C=O) groups is 1. The molecule has 0 saturated heterocycles. The van der Waals surface area contributed by atoms with Gasteiger partial charge in [0.1, 0.15) is 5.82 Å². The number of amides is 1. The van der Waals surface area contributed by atoms with Crippen LogP contribution in [0.25, 0.3) is 0 Å². The molecule has 0 saturated carbocycles. The van der Waals surface area contributed by atoms with Gasteiger partial charge in [-0.05, 0) is 45.0 Å². The summed E-state index contributed by atoms with van der Waals surface area (Å²) in [7, 11) is 0. The maximum absolute atomic E-state index is 12.3. The Labute approximate surface area is 133 Å². The number of rotatable bonds is 5. The molecule has 1 atom stereocenters. The van der Waals surface area contributed by atoms with Gasteiger partial charge >= 0.3 is 0 Å². The molecule has 0 fully saturated rings. The van der Waals surface area contributed by atoms with E-state index in [0.717, 1.165) is 27.3 Å². The van der Waals surface area contributed by atoms with E-state index in [1.165, 1.54) is 11.3 Å². The third kappa shape index (κ3) is 4.19. The standard InChI is InChI=1S/C15H18ClN3OS/c1-4-17-14-8-11(7-9(2)18-14)15(20)19-10(3)12-5-6-13(16)21-12/h5-8,10H,4H2,1-3H3,(H,17,18)(H,19,20). The minimum absolute atomic E-state index is 0.0777. The SMILES string of the molecule is CCNc1cc(C(=O)NC(C)c2ccc(Cl)s2)cc(C)n1. The molecule has 0 aliphatic heterocycles. The van der Waals surface area contributed by atoms with Gasteiger partial charge in [-0.25, -0.2) is 4.98 Å². The van der Waals surface area contributed by atoms with Crippen LogP contribution in [0.2, 0.25) is 4.34 Å². The molecule has 4 nitrogen and oxygen atoms in total. The van der Waals surface area contributed by atoms with Gasteiger partial charge in [0.15, 0.2) is 0 Å². The number of halogens is 1. The molecule has 2 aromatic rings. The molecule has 6 heteroatoms. The predicted molar refractivity (Wildman–Crippen MR) is 88.3 cm³/mol. The fourth-order valence-electron chi connectivity index (χ4n) is 1.98. The molecule has 0 aromatic carbocycles. The van der Waals surface area contributed by atoms with Gasteiger partial charge in [0, 0.05) is 22.7 Å². The smallest absolute Gasteiger partial charge is 0.251 e. The maximum atomic E-state index is 12.3. The van der Waals surface area contributed by atoms with E-state index < -0.39 is 0 Å². The molecule has 0 aliphatic carbocycles. The average Bonchev–Trinajstić information content (AvgIpc) is 2.85. The first-order valence-electron chi connectivity index (χ1n) is 6.78. The highest BCUT2D eigenvalue weighted by molar-refractivity contribution is 7.16. The molecule has 0 radical (unpaired) electrons. The van der Waals surface area contributed by atoms with Crippen molar-refractivity contribution in [3.8, 4) is 0 Å². The fraction of sp³-hybridized carbons (Fsp3) is 0.333. The van der Waals surface area contributed by atoms with Crippen LogP contribution >= 0.6 is 22.9 Å². The van der Waals surface area contributed by atoms with Gasteiger partial charge in [0.25, 0.3) is 5.91 Å². The highest BCUT2D eigenvalue weighted by Crippen LogP contribution is 2.26. The number of hydrogen-bond donors (Lipinski definition) is 2. The molecule has 2 heterocycles. The van der Waals surface area contributed by atoms with Crippen molar-refractivity contribution in [1.82, 2.24) is 10.3 Å². The van der Waals surface area contributed by atoms with Crippen LogP contribution in [0.4, 0.5) is 5.82 Å². The number of carbonyl (C=O) groups excluding carboxylic acids is 1. The van der Waals surface area contributed by atoms with Crippen LogP contribution in [0.3, 0.4) is 0 Å². The fourth-order valence-corrected chi connectivity index (χ4v) is 3.05. The molecule has 2 rings (SSSR count). The van der Waals surface area contributed by atoms with Gasteiger partial charge in [-0.15, -0.1) is 11.3 Å². The monoisotopic (exact) mass is 323 g/mol. The molecule has 112 valence electrons. The highest BCUT2D eigenvalue weighted by atomic mass is 35.5. The molecule has 2 aromatic heterocycles. The third-order valence-electron chi connectivity index (χ3n) is 2.94. The first-order chi connectivity index (χ1) is 9.99. The van der Waals surface area contributed by atoms with Crippen molar-refractivity contribution in [3.05, 3.63) is 44.7 Å². The van der Waals surface area contributed by atoms with Crippen molar-refractivity contribution in [2.45, 2.75) is 26.8 Å². The molecular formula is C15H18ClN3OS. The zero-order chi connectivity index (χ0) is 15.4. The van der Waals surface area contributed by atoms with E-state index in [2.05, 4.69) is 15.6 Å². The van der Waals surface area contributed by atoms with Crippen molar-refractivity contribution in [3.63, 3.8) is 0 Å². The van der Waals surface area contributed by atoms with E-state index in [4.69, 9.17) is 11.6 Å². The van der Waals surface area contributed by atoms with Gasteiger partial charge in [0.05, 0.1) is 10.4 Å². The van der Waals surface area contributed by atoms with E-state index in [0.29, 0.717) is 5.56 Å². The number of nitrogens with one attached hydrogen (secondary N) is 2. The lowest BCUT2D eigenvalue weighted by Gasteiger charge is -2.13. The summed E-state index contributed by atoms with van der Waals surface area (Å²) in [6.07, 6.45) is 0. The molecule has 21 heavy (non-hydrogen) atoms. The Hall–Kier alpha value is -1.59. The molecule has 2 N–H and O–H groups in total. The molecule has 0 bridgehead atoms. The maximum Gasteiger partial charge on any atom is 0.251 e. The summed E-state index contributed by atoms with van der Waals surface area (Å²) < 4.78 is 0.722. The van der Waals surface area contributed by atoms with Crippen LogP contribution in [0.5, 0.6) is 0 Å². The van der Waals surface area contributed by atoms with Crippen molar-refractivity contribution in [2.75, 3.05) is 11.9 Å². The van der Waals surface area contributed by atoms with Crippen LogP contribution in [0.15, 0.2) is 24.3 Å². The summed E-state index contributed by atoms with van der Waals surface area (Å²) in [5.41, 5.74) is 1.42. The van der Waals surface area contributed by atoms with Gasteiger partial charge in [-0.3, -0.25) is 4.79 Å². The van der Waals surface area contributed by atoms with Gasteiger partial charge < -0.3 is 10.6 Å². The second kappa shape index (κ2) is 6.91. The molecule has 0 aliphatic rings. The Morgan fingerprint density at radius 2 is 2.19 bits per heavy atom. The lowest BCUT2D eigenvalue weighted by Crippen LogP contribution is -2.26. The number of hydrogen-bond acceptors (Lipinski definition) is 4. The number of aromatic nitrogens is 1. The number of aryl methyl sites for hydroxylation is 1. The number of anilines is 1. The zero-order valence-corrected chi connectivity index (χ0v) is 13.8. The zero-order valence-electron chi connectivity index (χ0n) is 12.2. The highest BCUT2D eigenvalue weighted by Gasteiger charge is 2.14. The normalized spacial score (nSPS) is 12.0. The molecular weight excluding hydrogens is 306 g/mol. The van der Waals surface area contributed by atoms with Gasteiger partial charge in [-0.1, -0.05) is 11.6 Å². The Morgan fingerprint density at radius 3 is 2.81 bits per heavy atom. The summed E-state index contributed by atoms with van der Waals surface area (Å²) in [5.74, 6) is 0.603. The second-order valence-corrected chi connectivity index (χ2v) is 6.50. The molecule has 0 spiro atoms. The van der Waals surface area contributed by atoms with E-state index >= 15 is 0 Å².